The number of nitrogens with one attached hydrogen (secondary N) is 1. The highest BCUT2D eigenvalue weighted by atomic mass is 32.2. The van der Waals surface area contributed by atoms with Crippen molar-refractivity contribution in [2.75, 3.05) is 17.7 Å². The van der Waals surface area contributed by atoms with Crippen LogP contribution < -0.4 is 10.1 Å². The van der Waals surface area contributed by atoms with E-state index in [0.717, 1.165) is 40.8 Å². The molecule has 0 aliphatic carbocycles. The van der Waals surface area contributed by atoms with Crippen molar-refractivity contribution >= 4 is 23.4 Å². The summed E-state index contributed by atoms with van der Waals surface area (Å²) in [6.45, 7) is 0.527. The van der Waals surface area contributed by atoms with Crippen LogP contribution >= 0.6 is 11.8 Å². The molecule has 1 aliphatic rings. The summed E-state index contributed by atoms with van der Waals surface area (Å²) < 4.78 is 31.7. The Morgan fingerprint density at radius 2 is 1.96 bits per heavy atom. The minimum absolute atomic E-state index is 0.0461. The fraction of sp³-hybridized carbons (Fsp3) is 0.278. The van der Waals surface area contributed by atoms with Gasteiger partial charge in [0.2, 0.25) is 5.91 Å². The number of fused-ring (bicyclic) bond motifs is 1. The number of carbonyl (C=O) groups excluding carboxylic acids is 1. The van der Waals surface area contributed by atoms with Crippen LogP contribution in [0, 0.1) is 11.6 Å². The molecule has 0 spiro atoms. The van der Waals surface area contributed by atoms with E-state index in [0.29, 0.717) is 18.8 Å². The van der Waals surface area contributed by atoms with E-state index in [4.69, 9.17) is 4.74 Å². The van der Waals surface area contributed by atoms with Crippen LogP contribution in [-0.4, -0.2) is 18.3 Å². The second kappa shape index (κ2) is 7.66. The molecule has 3 nitrogen and oxygen atoms in total. The normalized spacial score (nSPS) is 13.3. The molecule has 126 valence electrons. The first-order valence-electron chi connectivity index (χ1n) is 7.69. The summed E-state index contributed by atoms with van der Waals surface area (Å²) in [6.07, 6.45) is 1.23. The number of carbonyl (C=O) groups is 1. The van der Waals surface area contributed by atoms with E-state index in [1.54, 1.807) is 17.8 Å². The fourth-order valence-electron chi connectivity index (χ4n) is 2.49. The van der Waals surface area contributed by atoms with Gasteiger partial charge in [-0.25, -0.2) is 8.78 Å². The Labute approximate surface area is 143 Å². The predicted octanol–water partition coefficient (Wildman–Crippen LogP) is 4.16. The Morgan fingerprint density at radius 1 is 1.08 bits per heavy atom. The standard InChI is InChI=1S/C18H17F2NO2S/c19-15-4-1-12(9-16(15)20)11-24-8-7-23-14-3-5-17-13(10-14)2-6-18(22)21-17/h1,3-5,9-10H,2,6-8,11H2,(H,21,22). The number of benzene rings is 2. The predicted molar refractivity (Wildman–Crippen MR) is 91.4 cm³/mol. The number of ether oxygens (including phenoxy) is 1. The molecule has 1 amide bonds. The van der Waals surface area contributed by atoms with E-state index < -0.39 is 11.6 Å². The number of hydrogen-bond donors (Lipinski definition) is 1. The highest BCUT2D eigenvalue weighted by Gasteiger charge is 2.14. The number of rotatable bonds is 6. The molecule has 1 heterocycles. The van der Waals surface area contributed by atoms with Gasteiger partial charge in [-0.1, -0.05) is 6.07 Å². The first-order chi connectivity index (χ1) is 11.6. The first-order valence-corrected chi connectivity index (χ1v) is 8.84. The molecule has 6 heteroatoms. The van der Waals surface area contributed by atoms with Crippen LogP contribution in [0.4, 0.5) is 14.5 Å². The lowest BCUT2D eigenvalue weighted by atomic mass is 10.0. The molecule has 0 atom stereocenters. The smallest absolute Gasteiger partial charge is 0.224 e. The van der Waals surface area contributed by atoms with Crippen LogP contribution in [0.2, 0.25) is 0 Å². The third-order valence-corrected chi connectivity index (χ3v) is 4.71. The van der Waals surface area contributed by atoms with Gasteiger partial charge in [-0.3, -0.25) is 4.79 Å². The Hall–Kier alpha value is -2.08. The molecule has 2 aromatic carbocycles. The van der Waals surface area contributed by atoms with Crippen molar-refractivity contribution in [1.29, 1.82) is 0 Å². The van der Waals surface area contributed by atoms with E-state index in [1.807, 2.05) is 18.2 Å². The van der Waals surface area contributed by atoms with Gasteiger partial charge in [-0.15, -0.1) is 0 Å². The summed E-state index contributed by atoms with van der Waals surface area (Å²) >= 11 is 1.60. The Bertz CT molecular complexity index is 752. The molecule has 24 heavy (non-hydrogen) atoms. The average Bonchev–Trinajstić information content (AvgIpc) is 2.57. The summed E-state index contributed by atoms with van der Waals surface area (Å²) in [5.41, 5.74) is 2.69. The quantitative estimate of drug-likeness (QED) is 0.796. The average molecular weight is 349 g/mol. The van der Waals surface area contributed by atoms with Gasteiger partial charge >= 0.3 is 0 Å². The van der Waals surface area contributed by atoms with E-state index >= 15 is 0 Å². The molecule has 1 N–H and O–H groups in total. The van der Waals surface area contributed by atoms with Crippen molar-refractivity contribution in [3.63, 3.8) is 0 Å². The molecule has 0 unspecified atom stereocenters. The highest BCUT2D eigenvalue weighted by molar-refractivity contribution is 7.98. The zero-order chi connectivity index (χ0) is 16.9. The van der Waals surface area contributed by atoms with Gasteiger partial charge in [0.1, 0.15) is 5.75 Å². The number of hydrogen-bond acceptors (Lipinski definition) is 3. The summed E-state index contributed by atoms with van der Waals surface area (Å²) in [4.78, 5) is 11.3. The Morgan fingerprint density at radius 3 is 2.79 bits per heavy atom. The molecule has 0 bridgehead atoms. The summed E-state index contributed by atoms with van der Waals surface area (Å²) in [6, 6.07) is 9.61. The molecule has 3 rings (SSSR count). The van der Waals surface area contributed by atoms with E-state index in [2.05, 4.69) is 5.32 Å². The second-order valence-corrected chi connectivity index (χ2v) is 6.62. The van der Waals surface area contributed by atoms with Crippen molar-refractivity contribution in [2.24, 2.45) is 0 Å². The van der Waals surface area contributed by atoms with E-state index in [1.165, 1.54) is 6.07 Å². The van der Waals surface area contributed by atoms with Gasteiger partial charge in [0.05, 0.1) is 6.61 Å². The third kappa shape index (κ3) is 4.26. The fourth-order valence-corrected chi connectivity index (χ4v) is 3.25. The minimum atomic E-state index is -0.823. The minimum Gasteiger partial charge on any atom is -0.493 e. The molecule has 0 aromatic heterocycles. The van der Waals surface area contributed by atoms with Gasteiger partial charge in [-0.2, -0.15) is 11.8 Å². The van der Waals surface area contributed by atoms with Crippen molar-refractivity contribution in [2.45, 2.75) is 18.6 Å². The van der Waals surface area contributed by atoms with Gasteiger partial charge in [0, 0.05) is 23.6 Å². The number of thioether (sulfide) groups is 1. The SMILES string of the molecule is O=C1CCc2cc(OCCSCc3ccc(F)c(F)c3)ccc2N1. The summed E-state index contributed by atoms with van der Waals surface area (Å²) in [7, 11) is 0. The maximum Gasteiger partial charge on any atom is 0.224 e. The van der Waals surface area contributed by atoms with Gasteiger partial charge in [-0.05, 0) is 47.9 Å². The molecule has 0 fully saturated rings. The zero-order valence-corrected chi connectivity index (χ0v) is 13.8. The molecule has 0 saturated heterocycles. The topological polar surface area (TPSA) is 38.3 Å². The number of amides is 1. The van der Waals surface area contributed by atoms with Crippen LogP contribution in [0.3, 0.4) is 0 Å². The van der Waals surface area contributed by atoms with Crippen LogP contribution in [-0.2, 0) is 17.0 Å². The molecule has 0 saturated carbocycles. The summed E-state index contributed by atoms with van der Waals surface area (Å²) in [5, 5.41) is 2.83. The number of anilines is 1. The lowest BCUT2D eigenvalue weighted by Gasteiger charge is -2.17. The molecule has 0 radical (unpaired) electrons. The summed E-state index contributed by atoms with van der Waals surface area (Å²) in [5.74, 6) is 0.535. The van der Waals surface area contributed by atoms with Gasteiger partial charge in [0.15, 0.2) is 11.6 Å². The first kappa shape index (κ1) is 16.8. The van der Waals surface area contributed by atoms with Crippen molar-refractivity contribution < 1.29 is 18.3 Å². The van der Waals surface area contributed by atoms with Crippen LogP contribution in [0.1, 0.15) is 17.5 Å². The Balaban J connectivity index is 1.43. The van der Waals surface area contributed by atoms with Gasteiger partial charge in [0.25, 0.3) is 0 Å². The lowest BCUT2D eigenvalue weighted by Crippen LogP contribution is -2.18. The van der Waals surface area contributed by atoms with Crippen molar-refractivity contribution in [1.82, 2.24) is 0 Å². The molecule has 2 aromatic rings. The second-order valence-electron chi connectivity index (χ2n) is 5.52. The van der Waals surface area contributed by atoms with Crippen LogP contribution in [0.25, 0.3) is 0 Å². The van der Waals surface area contributed by atoms with E-state index in [9.17, 15) is 13.6 Å². The Kier molecular flexibility index (Phi) is 5.35. The molecular weight excluding hydrogens is 332 g/mol. The lowest BCUT2D eigenvalue weighted by molar-refractivity contribution is -0.116. The largest absolute Gasteiger partial charge is 0.493 e. The third-order valence-electron chi connectivity index (χ3n) is 3.72. The van der Waals surface area contributed by atoms with Gasteiger partial charge < -0.3 is 10.1 Å². The van der Waals surface area contributed by atoms with Crippen LogP contribution in [0.5, 0.6) is 5.75 Å². The highest BCUT2D eigenvalue weighted by Crippen LogP contribution is 2.27. The van der Waals surface area contributed by atoms with Crippen LogP contribution in [0.15, 0.2) is 36.4 Å². The molecular formula is C18H17F2NO2S. The zero-order valence-electron chi connectivity index (χ0n) is 13.0. The maximum atomic E-state index is 13.1. The van der Waals surface area contributed by atoms with Crippen molar-refractivity contribution in [3.05, 3.63) is 59.2 Å². The molecule has 1 aliphatic heterocycles. The van der Waals surface area contributed by atoms with Crippen molar-refractivity contribution in [3.8, 4) is 5.75 Å². The number of aryl methyl sites for hydroxylation is 1. The van der Waals surface area contributed by atoms with E-state index in [-0.39, 0.29) is 5.91 Å². The maximum absolute atomic E-state index is 13.1. The number of halogens is 2. The monoisotopic (exact) mass is 349 g/mol.